The number of aromatic amines is 1. The van der Waals surface area contributed by atoms with Crippen LogP contribution < -0.4 is 0 Å². The molecular weight excluding hydrogens is 368 g/mol. The topological polar surface area (TPSA) is 167 Å². The lowest BCUT2D eigenvalue weighted by Crippen LogP contribution is -2.05. The number of fused-ring (bicyclic) bond motifs is 1. The van der Waals surface area contributed by atoms with Crippen LogP contribution in [0.2, 0.25) is 0 Å². The summed E-state index contributed by atoms with van der Waals surface area (Å²) in [4.78, 5) is 47.2. The van der Waals surface area contributed by atoms with Crippen molar-refractivity contribution in [1.29, 1.82) is 0 Å². The zero-order valence-electron chi connectivity index (χ0n) is 12.9. The van der Waals surface area contributed by atoms with E-state index in [1.54, 1.807) is 0 Å². The number of ether oxygens (including phenoxy) is 1. The minimum atomic E-state index is -0.925. The van der Waals surface area contributed by atoms with Gasteiger partial charge in [-0.1, -0.05) is 11.8 Å². The maximum atomic E-state index is 11.7. The molecule has 0 unspecified atom stereocenters. The van der Waals surface area contributed by atoms with Gasteiger partial charge in [0.25, 0.3) is 11.4 Å². The van der Waals surface area contributed by atoms with E-state index in [9.17, 15) is 25.0 Å². The summed E-state index contributed by atoms with van der Waals surface area (Å²) >= 11 is 0.702. The number of carbonyl (C=O) groups excluding carboxylic acids is 1. The molecule has 26 heavy (non-hydrogen) atoms. The van der Waals surface area contributed by atoms with Gasteiger partial charge in [-0.2, -0.15) is 0 Å². The van der Waals surface area contributed by atoms with E-state index < -0.39 is 27.2 Å². The Kier molecular flexibility index (Phi) is 4.45. The maximum absolute atomic E-state index is 11.7. The summed E-state index contributed by atoms with van der Waals surface area (Å²) in [5, 5.41) is 23.1. The molecule has 3 rings (SSSR count). The van der Waals surface area contributed by atoms with E-state index in [1.165, 1.54) is 12.7 Å². The summed E-state index contributed by atoms with van der Waals surface area (Å²) in [6.07, 6.45) is 2.54. The van der Waals surface area contributed by atoms with Gasteiger partial charge in [0, 0.05) is 12.1 Å². The van der Waals surface area contributed by atoms with Crippen LogP contribution in [-0.4, -0.2) is 42.9 Å². The number of esters is 1. The Morgan fingerprint density at radius 2 is 1.81 bits per heavy atom. The summed E-state index contributed by atoms with van der Waals surface area (Å²) < 4.78 is 4.49. The molecule has 0 fully saturated rings. The fourth-order valence-electron chi connectivity index (χ4n) is 2.13. The summed E-state index contributed by atoms with van der Waals surface area (Å²) in [7, 11) is 1.07. The van der Waals surface area contributed by atoms with Crippen molar-refractivity contribution in [3.05, 3.63) is 50.6 Å². The second-order valence-electron chi connectivity index (χ2n) is 4.73. The summed E-state index contributed by atoms with van der Waals surface area (Å²) in [6, 6.07) is 1.85. The lowest BCUT2D eigenvalue weighted by atomic mass is 10.1. The number of hydrogen-bond donors (Lipinski definition) is 1. The highest BCUT2D eigenvalue weighted by atomic mass is 32.2. The zero-order chi connectivity index (χ0) is 18.8. The first-order valence-electron chi connectivity index (χ1n) is 6.79. The first kappa shape index (κ1) is 17.2. The highest BCUT2D eigenvalue weighted by molar-refractivity contribution is 7.99. The van der Waals surface area contributed by atoms with Crippen LogP contribution in [0.25, 0.3) is 11.2 Å². The predicted octanol–water partition coefficient (Wildman–Crippen LogP) is 2.11. The fourth-order valence-corrected chi connectivity index (χ4v) is 3.15. The number of hydrogen-bond acceptors (Lipinski definition) is 10. The van der Waals surface area contributed by atoms with Crippen LogP contribution in [0.15, 0.2) is 34.7 Å². The third kappa shape index (κ3) is 3.02. The average Bonchev–Trinajstić information content (AvgIpc) is 3.10. The van der Waals surface area contributed by atoms with Crippen molar-refractivity contribution in [2.24, 2.45) is 0 Å². The van der Waals surface area contributed by atoms with Crippen LogP contribution in [0.1, 0.15) is 10.4 Å². The number of benzene rings is 1. The molecule has 0 saturated heterocycles. The lowest BCUT2D eigenvalue weighted by Gasteiger charge is -2.06. The van der Waals surface area contributed by atoms with Gasteiger partial charge in [-0.25, -0.2) is 19.7 Å². The van der Waals surface area contributed by atoms with Gasteiger partial charge in [-0.15, -0.1) is 0 Å². The van der Waals surface area contributed by atoms with E-state index in [-0.39, 0.29) is 15.5 Å². The summed E-state index contributed by atoms with van der Waals surface area (Å²) in [5.74, 6) is -0.925. The van der Waals surface area contributed by atoms with E-state index in [4.69, 9.17) is 0 Å². The number of nitro groups is 2. The van der Waals surface area contributed by atoms with Gasteiger partial charge in [-0.05, 0) is 0 Å². The molecule has 0 aliphatic rings. The Labute approximate surface area is 147 Å². The van der Waals surface area contributed by atoms with Crippen molar-refractivity contribution >= 4 is 40.3 Å². The van der Waals surface area contributed by atoms with Gasteiger partial charge in [0.2, 0.25) is 0 Å². The van der Waals surface area contributed by atoms with Crippen molar-refractivity contribution in [2.75, 3.05) is 7.11 Å². The van der Waals surface area contributed by atoms with Gasteiger partial charge in [0.05, 0.1) is 28.8 Å². The Balaban J connectivity index is 2.21. The Morgan fingerprint density at radius 1 is 1.15 bits per heavy atom. The molecule has 1 aromatic carbocycles. The summed E-state index contributed by atoms with van der Waals surface area (Å²) in [5.41, 5.74) is -0.853. The molecule has 2 heterocycles. The molecule has 12 nitrogen and oxygen atoms in total. The van der Waals surface area contributed by atoms with Gasteiger partial charge in [0.1, 0.15) is 16.9 Å². The van der Waals surface area contributed by atoms with Crippen LogP contribution in [0, 0.1) is 20.2 Å². The number of nitro benzene ring substituents is 2. The van der Waals surface area contributed by atoms with Gasteiger partial charge < -0.3 is 9.72 Å². The number of aromatic nitrogens is 4. The van der Waals surface area contributed by atoms with Gasteiger partial charge in [0.15, 0.2) is 10.5 Å². The van der Waals surface area contributed by atoms with Gasteiger partial charge in [-0.3, -0.25) is 20.2 Å². The zero-order valence-corrected chi connectivity index (χ0v) is 13.7. The number of nitrogens with one attached hydrogen (secondary N) is 1. The standard InChI is InChI=1S/C13H8N6O6S/c1-25-13(20)6-2-7(18(21)22)10(8(3-6)19(23)24)26-12-9-11(15-4-14-9)16-5-17-12/h2-5H,1H3,(H,14,15,16,17). The molecule has 0 bridgehead atoms. The quantitative estimate of drug-likeness (QED) is 0.301. The van der Waals surface area contributed by atoms with Crippen LogP contribution in [0.3, 0.4) is 0 Å². The Hall–Kier alpha value is -3.61. The molecule has 0 atom stereocenters. The molecule has 0 saturated carbocycles. The van der Waals surface area contributed by atoms with Crippen molar-refractivity contribution in [1.82, 2.24) is 19.9 Å². The number of nitrogens with zero attached hydrogens (tertiary/aromatic N) is 5. The van der Waals surface area contributed by atoms with Crippen LogP contribution in [-0.2, 0) is 4.74 Å². The van der Waals surface area contributed by atoms with Crippen LogP contribution in [0.4, 0.5) is 11.4 Å². The highest BCUT2D eigenvalue weighted by Gasteiger charge is 2.30. The number of methoxy groups -OCH3 is 1. The molecule has 0 aliphatic carbocycles. The van der Waals surface area contributed by atoms with E-state index >= 15 is 0 Å². The molecule has 13 heteroatoms. The van der Waals surface area contributed by atoms with Gasteiger partial charge >= 0.3 is 5.97 Å². The van der Waals surface area contributed by atoms with Crippen molar-refractivity contribution in [2.45, 2.75) is 9.92 Å². The van der Waals surface area contributed by atoms with E-state index in [2.05, 4.69) is 24.7 Å². The van der Waals surface area contributed by atoms with E-state index in [0.717, 1.165) is 19.2 Å². The van der Waals surface area contributed by atoms with E-state index in [0.29, 0.717) is 22.9 Å². The molecule has 132 valence electrons. The fraction of sp³-hybridized carbons (Fsp3) is 0.0769. The Bertz CT molecular complexity index is 1020. The average molecular weight is 376 g/mol. The Morgan fingerprint density at radius 3 is 2.38 bits per heavy atom. The summed E-state index contributed by atoms with van der Waals surface area (Å²) in [6.45, 7) is 0. The maximum Gasteiger partial charge on any atom is 0.338 e. The first-order chi connectivity index (χ1) is 12.4. The normalized spacial score (nSPS) is 10.7. The third-order valence-corrected chi connectivity index (χ3v) is 4.38. The smallest absolute Gasteiger partial charge is 0.338 e. The molecule has 1 N–H and O–H groups in total. The van der Waals surface area contributed by atoms with Crippen LogP contribution >= 0.6 is 11.8 Å². The number of H-pyrrole nitrogens is 1. The third-order valence-electron chi connectivity index (χ3n) is 3.25. The SMILES string of the molecule is COC(=O)c1cc([N+](=O)[O-])c(Sc2ncnc3nc[nH]c23)c([N+](=O)[O-])c1. The minimum absolute atomic E-state index is 0.213. The van der Waals surface area contributed by atoms with Crippen molar-refractivity contribution in [3.63, 3.8) is 0 Å². The number of imidazole rings is 1. The second kappa shape index (κ2) is 6.72. The second-order valence-corrected chi connectivity index (χ2v) is 5.73. The highest BCUT2D eigenvalue weighted by Crippen LogP contribution is 2.42. The monoisotopic (exact) mass is 376 g/mol. The molecule has 0 radical (unpaired) electrons. The minimum Gasteiger partial charge on any atom is -0.465 e. The number of carbonyl (C=O) groups is 1. The molecule has 0 amide bonds. The number of rotatable bonds is 5. The van der Waals surface area contributed by atoms with Crippen molar-refractivity contribution in [3.8, 4) is 0 Å². The molecule has 0 spiro atoms. The van der Waals surface area contributed by atoms with Crippen LogP contribution in [0.5, 0.6) is 0 Å². The lowest BCUT2D eigenvalue weighted by molar-refractivity contribution is -0.399. The molecule has 0 aliphatic heterocycles. The largest absolute Gasteiger partial charge is 0.465 e. The molecule has 2 aromatic heterocycles. The predicted molar refractivity (Wildman–Crippen MR) is 86.9 cm³/mol. The first-order valence-corrected chi connectivity index (χ1v) is 7.61. The van der Waals surface area contributed by atoms with Crippen molar-refractivity contribution < 1.29 is 19.4 Å². The molecular formula is C13H8N6O6S. The van der Waals surface area contributed by atoms with E-state index in [1.807, 2.05) is 0 Å². The molecule has 3 aromatic rings.